The molecule has 0 bridgehead atoms. The number of halogens is 4. The van der Waals surface area contributed by atoms with Crippen molar-refractivity contribution in [2.24, 2.45) is 5.92 Å². The minimum Gasteiger partial charge on any atom is -0.302 e. The SMILES string of the molecule is CC1=C(c2cc(Cl)ccc2C)CN(C)CC1.CCC(C)CC(C)(F)c1ccc(F)cc1F. The fraction of sp³-hybridized carbons (Fsp3) is 0.481. The first kappa shape index (κ1) is 26.5. The lowest BCUT2D eigenvalue weighted by Gasteiger charge is -2.27. The molecule has 2 atom stereocenters. The van der Waals surface area contributed by atoms with Crippen molar-refractivity contribution in [3.63, 3.8) is 0 Å². The zero-order valence-electron chi connectivity index (χ0n) is 20.0. The fourth-order valence-electron chi connectivity index (χ4n) is 4.05. The standard InChI is InChI=1S/C14H18ClN.C13H17F3/c1-10-4-5-12(15)8-13(10)14-9-16(3)7-6-11(14)2;1-4-9(2)8-13(3,16)11-6-5-10(14)7-12(11)15/h4-5,8H,6-7,9H2,1-3H3;5-7,9H,4,8H2,1-3H3. The van der Waals surface area contributed by atoms with E-state index in [-0.39, 0.29) is 17.9 Å². The van der Waals surface area contributed by atoms with Crippen molar-refractivity contribution in [1.82, 2.24) is 4.90 Å². The quantitative estimate of drug-likeness (QED) is 0.428. The third-order valence-electron chi connectivity index (χ3n) is 6.26. The highest BCUT2D eigenvalue weighted by atomic mass is 35.5. The van der Waals surface area contributed by atoms with Gasteiger partial charge in [-0.05, 0) is 87.5 Å². The molecule has 2 aromatic rings. The van der Waals surface area contributed by atoms with Crippen LogP contribution in [-0.2, 0) is 5.67 Å². The van der Waals surface area contributed by atoms with Gasteiger partial charge in [-0.2, -0.15) is 0 Å². The van der Waals surface area contributed by atoms with Crippen LogP contribution < -0.4 is 0 Å². The summed E-state index contributed by atoms with van der Waals surface area (Å²) in [4.78, 5) is 2.36. The Morgan fingerprint density at radius 1 is 1.12 bits per heavy atom. The van der Waals surface area contributed by atoms with Gasteiger partial charge < -0.3 is 4.90 Å². The Balaban J connectivity index is 0.000000227. The highest BCUT2D eigenvalue weighted by Crippen LogP contribution is 2.35. The molecule has 0 spiro atoms. The van der Waals surface area contributed by atoms with Crippen LogP contribution in [0.2, 0.25) is 5.02 Å². The summed E-state index contributed by atoms with van der Waals surface area (Å²) in [5, 5.41) is 0.828. The van der Waals surface area contributed by atoms with Gasteiger partial charge in [0.05, 0.1) is 0 Å². The van der Waals surface area contributed by atoms with E-state index >= 15 is 0 Å². The Morgan fingerprint density at radius 3 is 2.44 bits per heavy atom. The number of alkyl halides is 1. The van der Waals surface area contributed by atoms with Crippen LogP contribution in [0.4, 0.5) is 13.2 Å². The van der Waals surface area contributed by atoms with Crippen molar-refractivity contribution in [3.8, 4) is 0 Å². The summed E-state index contributed by atoms with van der Waals surface area (Å²) in [5.41, 5.74) is 3.78. The second-order valence-corrected chi connectivity index (χ2v) is 9.68. The van der Waals surface area contributed by atoms with E-state index in [2.05, 4.69) is 37.9 Å². The van der Waals surface area contributed by atoms with Gasteiger partial charge in [0.2, 0.25) is 0 Å². The summed E-state index contributed by atoms with van der Waals surface area (Å²) >= 11 is 6.08. The fourth-order valence-corrected chi connectivity index (χ4v) is 4.22. The van der Waals surface area contributed by atoms with Crippen LogP contribution in [0, 0.1) is 24.5 Å². The summed E-state index contributed by atoms with van der Waals surface area (Å²) in [6, 6.07) is 9.16. The van der Waals surface area contributed by atoms with Crippen LogP contribution in [0.3, 0.4) is 0 Å². The maximum absolute atomic E-state index is 14.3. The van der Waals surface area contributed by atoms with Crippen LogP contribution in [0.15, 0.2) is 42.0 Å². The largest absolute Gasteiger partial charge is 0.302 e. The molecule has 0 aliphatic carbocycles. The van der Waals surface area contributed by atoms with Crippen molar-refractivity contribution >= 4 is 17.2 Å². The predicted octanol–water partition coefficient (Wildman–Crippen LogP) is 8.34. The molecule has 5 heteroatoms. The molecule has 2 aromatic carbocycles. The molecule has 1 aliphatic rings. The Labute approximate surface area is 196 Å². The molecular formula is C27H35ClF3N. The van der Waals surface area contributed by atoms with Gasteiger partial charge in [-0.1, -0.05) is 43.5 Å². The number of likely N-dealkylation sites (N-methyl/N-ethyl adjacent to an activating group) is 1. The maximum Gasteiger partial charge on any atom is 0.136 e. The van der Waals surface area contributed by atoms with Crippen molar-refractivity contribution in [2.45, 2.75) is 59.5 Å². The average Bonchev–Trinajstić information content (AvgIpc) is 2.71. The number of hydrogen-bond donors (Lipinski definition) is 0. The van der Waals surface area contributed by atoms with Gasteiger partial charge in [-0.25, -0.2) is 13.2 Å². The molecule has 1 nitrogen and oxygen atoms in total. The van der Waals surface area contributed by atoms with Gasteiger partial charge in [-0.15, -0.1) is 0 Å². The van der Waals surface area contributed by atoms with E-state index in [9.17, 15) is 13.2 Å². The van der Waals surface area contributed by atoms with Crippen LogP contribution in [0.5, 0.6) is 0 Å². The lowest BCUT2D eigenvalue weighted by Crippen LogP contribution is -2.27. The van der Waals surface area contributed by atoms with E-state index < -0.39 is 17.3 Å². The molecular weight excluding hydrogens is 431 g/mol. The highest BCUT2D eigenvalue weighted by molar-refractivity contribution is 6.30. The van der Waals surface area contributed by atoms with Gasteiger partial charge in [0.1, 0.15) is 17.3 Å². The lowest BCUT2D eigenvalue weighted by atomic mass is 9.87. The molecule has 32 heavy (non-hydrogen) atoms. The third-order valence-corrected chi connectivity index (χ3v) is 6.49. The van der Waals surface area contributed by atoms with Crippen molar-refractivity contribution in [2.75, 3.05) is 20.1 Å². The molecule has 3 rings (SSSR count). The van der Waals surface area contributed by atoms with E-state index in [1.165, 1.54) is 35.3 Å². The molecule has 0 amide bonds. The Kier molecular flexibility index (Phi) is 9.41. The topological polar surface area (TPSA) is 3.24 Å². The monoisotopic (exact) mass is 465 g/mol. The van der Waals surface area contributed by atoms with E-state index in [0.717, 1.165) is 43.1 Å². The van der Waals surface area contributed by atoms with Gasteiger partial charge in [0.25, 0.3) is 0 Å². The zero-order chi connectivity index (χ0) is 24.1. The number of rotatable bonds is 5. The summed E-state index contributed by atoms with van der Waals surface area (Å²) in [5.74, 6) is -1.33. The molecule has 0 saturated heterocycles. The van der Waals surface area contributed by atoms with Crippen molar-refractivity contribution in [1.29, 1.82) is 0 Å². The lowest BCUT2D eigenvalue weighted by molar-refractivity contribution is 0.143. The third kappa shape index (κ3) is 7.11. The number of hydrogen-bond acceptors (Lipinski definition) is 1. The molecule has 1 heterocycles. The van der Waals surface area contributed by atoms with E-state index in [0.29, 0.717) is 0 Å². The normalized spacial score (nSPS) is 17.4. The van der Waals surface area contributed by atoms with Crippen molar-refractivity contribution in [3.05, 3.63) is 75.3 Å². The molecule has 176 valence electrons. The number of nitrogens with zero attached hydrogens (tertiary/aromatic N) is 1. The molecule has 1 aliphatic heterocycles. The second kappa shape index (κ2) is 11.4. The first-order chi connectivity index (χ1) is 14.9. The van der Waals surface area contributed by atoms with E-state index in [1.54, 1.807) is 0 Å². The van der Waals surface area contributed by atoms with Gasteiger partial charge >= 0.3 is 0 Å². The molecule has 0 radical (unpaired) electrons. The van der Waals surface area contributed by atoms with Gasteiger partial charge in [0, 0.05) is 29.7 Å². The summed E-state index contributed by atoms with van der Waals surface area (Å²) in [7, 11) is 2.17. The minimum atomic E-state index is -1.74. The first-order valence-electron chi connectivity index (χ1n) is 11.2. The summed E-state index contributed by atoms with van der Waals surface area (Å²) in [6.07, 6.45) is 2.24. The van der Waals surface area contributed by atoms with Crippen LogP contribution in [-0.4, -0.2) is 25.0 Å². The van der Waals surface area contributed by atoms with E-state index in [1.807, 2.05) is 19.9 Å². The Hall–Kier alpha value is -1.78. The van der Waals surface area contributed by atoms with Crippen LogP contribution >= 0.6 is 11.6 Å². The molecule has 0 aromatic heterocycles. The predicted molar refractivity (Wildman–Crippen MR) is 130 cm³/mol. The summed E-state index contributed by atoms with van der Waals surface area (Å²) in [6.45, 7) is 11.8. The van der Waals surface area contributed by atoms with Crippen LogP contribution in [0.1, 0.15) is 63.6 Å². The van der Waals surface area contributed by atoms with Crippen LogP contribution in [0.25, 0.3) is 5.57 Å². The molecule has 0 saturated carbocycles. The van der Waals surface area contributed by atoms with Gasteiger partial charge in [-0.3, -0.25) is 0 Å². The Bertz CT molecular complexity index is 952. The smallest absolute Gasteiger partial charge is 0.136 e. The maximum atomic E-state index is 14.3. The Morgan fingerprint density at radius 2 is 1.81 bits per heavy atom. The highest BCUT2D eigenvalue weighted by Gasteiger charge is 2.30. The zero-order valence-corrected chi connectivity index (χ0v) is 20.8. The number of aryl methyl sites for hydroxylation is 1. The second-order valence-electron chi connectivity index (χ2n) is 9.25. The van der Waals surface area contributed by atoms with Gasteiger partial charge in [0.15, 0.2) is 0 Å². The summed E-state index contributed by atoms with van der Waals surface area (Å²) < 4.78 is 40.4. The first-order valence-corrected chi connectivity index (χ1v) is 11.6. The van der Waals surface area contributed by atoms with Crippen molar-refractivity contribution < 1.29 is 13.2 Å². The molecule has 0 N–H and O–H groups in total. The molecule has 2 unspecified atom stereocenters. The minimum absolute atomic E-state index is 0.0609. The number of benzene rings is 2. The molecule has 0 fully saturated rings. The van der Waals surface area contributed by atoms with E-state index in [4.69, 9.17) is 11.6 Å². The average molecular weight is 466 g/mol.